The van der Waals surface area contributed by atoms with Gasteiger partial charge >= 0.3 is 5.97 Å². The molecule has 1 aromatic carbocycles. The van der Waals surface area contributed by atoms with E-state index in [1.54, 1.807) is 17.0 Å². The smallest absolute Gasteiger partial charge is 0.303 e. The molecule has 0 atom stereocenters. The first-order valence-electron chi connectivity index (χ1n) is 7.20. The number of thiocarbonyl (C=S) groups is 1. The second-order valence-corrected chi connectivity index (χ2v) is 7.14. The van der Waals surface area contributed by atoms with Gasteiger partial charge in [-0.1, -0.05) is 60.2 Å². The molecule has 1 amide bonds. The van der Waals surface area contributed by atoms with E-state index in [4.69, 9.17) is 28.9 Å². The van der Waals surface area contributed by atoms with E-state index < -0.39 is 5.97 Å². The number of hydrogen-bond acceptors (Lipinski definition) is 4. The van der Waals surface area contributed by atoms with Crippen molar-refractivity contribution in [1.29, 1.82) is 0 Å². The van der Waals surface area contributed by atoms with Crippen molar-refractivity contribution in [2.75, 3.05) is 6.54 Å². The van der Waals surface area contributed by atoms with E-state index in [-0.39, 0.29) is 12.3 Å². The van der Waals surface area contributed by atoms with Crippen molar-refractivity contribution in [2.45, 2.75) is 25.7 Å². The van der Waals surface area contributed by atoms with Crippen molar-refractivity contribution in [3.05, 3.63) is 39.8 Å². The molecule has 0 spiro atoms. The zero-order valence-corrected chi connectivity index (χ0v) is 14.7. The average Bonchev–Trinajstić information content (AvgIpc) is 2.76. The molecule has 0 aromatic heterocycles. The predicted molar refractivity (Wildman–Crippen MR) is 97.4 cm³/mol. The number of rotatable bonds is 7. The average molecular weight is 370 g/mol. The van der Waals surface area contributed by atoms with Gasteiger partial charge < -0.3 is 5.11 Å². The zero-order valence-electron chi connectivity index (χ0n) is 12.3. The fraction of sp³-hybridized carbons (Fsp3) is 0.312. The quantitative estimate of drug-likeness (QED) is 0.443. The number of carboxylic acid groups (broad SMARTS) is 1. The number of carbonyl (C=O) groups is 2. The maximum Gasteiger partial charge on any atom is 0.303 e. The van der Waals surface area contributed by atoms with Gasteiger partial charge in [-0.3, -0.25) is 14.5 Å². The summed E-state index contributed by atoms with van der Waals surface area (Å²) >= 11 is 12.6. The van der Waals surface area contributed by atoms with Gasteiger partial charge in [-0.15, -0.1) is 0 Å². The van der Waals surface area contributed by atoms with Crippen molar-refractivity contribution in [1.82, 2.24) is 4.90 Å². The molecule has 1 aromatic rings. The van der Waals surface area contributed by atoms with Crippen molar-refractivity contribution < 1.29 is 14.7 Å². The fourth-order valence-electron chi connectivity index (χ4n) is 2.15. The number of aliphatic carboxylic acids is 1. The summed E-state index contributed by atoms with van der Waals surface area (Å²) in [5.74, 6) is -0.906. The number of benzene rings is 1. The summed E-state index contributed by atoms with van der Waals surface area (Å²) in [6.45, 7) is 0.518. The van der Waals surface area contributed by atoms with Gasteiger partial charge in [0.1, 0.15) is 4.32 Å². The van der Waals surface area contributed by atoms with Crippen molar-refractivity contribution in [3.63, 3.8) is 0 Å². The highest BCUT2D eigenvalue weighted by Crippen LogP contribution is 2.33. The maximum atomic E-state index is 12.4. The molecular weight excluding hydrogens is 354 g/mol. The van der Waals surface area contributed by atoms with E-state index in [2.05, 4.69) is 0 Å². The molecule has 7 heteroatoms. The molecule has 0 saturated carbocycles. The first kappa shape index (κ1) is 18.0. The van der Waals surface area contributed by atoms with Gasteiger partial charge in [0.05, 0.1) is 4.91 Å². The lowest BCUT2D eigenvalue weighted by Gasteiger charge is -2.13. The van der Waals surface area contributed by atoms with Crippen LogP contribution in [0.1, 0.15) is 31.2 Å². The van der Waals surface area contributed by atoms with Crippen LogP contribution in [0.3, 0.4) is 0 Å². The highest BCUT2D eigenvalue weighted by Gasteiger charge is 2.31. The lowest BCUT2D eigenvalue weighted by molar-refractivity contribution is -0.137. The Morgan fingerprint density at radius 3 is 2.74 bits per heavy atom. The Balaban J connectivity index is 1.95. The molecule has 2 rings (SSSR count). The Hall–Kier alpha value is -1.37. The minimum absolute atomic E-state index is 0.113. The van der Waals surface area contributed by atoms with Crippen LogP contribution >= 0.6 is 35.6 Å². The van der Waals surface area contributed by atoms with Crippen LogP contribution < -0.4 is 0 Å². The fourth-order valence-corrected chi connectivity index (χ4v) is 3.64. The largest absolute Gasteiger partial charge is 0.481 e. The molecule has 1 N–H and O–H groups in total. The third-order valence-electron chi connectivity index (χ3n) is 3.34. The summed E-state index contributed by atoms with van der Waals surface area (Å²) in [6, 6.07) is 7.32. The van der Waals surface area contributed by atoms with E-state index in [1.807, 2.05) is 18.2 Å². The Bertz CT molecular complexity index is 660. The summed E-state index contributed by atoms with van der Waals surface area (Å²) in [5, 5.41) is 9.19. The molecule has 23 heavy (non-hydrogen) atoms. The maximum absolute atomic E-state index is 12.4. The number of unbranched alkanes of at least 4 members (excludes halogenated alkanes) is 2. The molecule has 1 heterocycles. The van der Waals surface area contributed by atoms with Gasteiger partial charge in [-0.2, -0.15) is 0 Å². The van der Waals surface area contributed by atoms with Crippen LogP contribution in [0.4, 0.5) is 0 Å². The van der Waals surface area contributed by atoms with Gasteiger partial charge in [0.25, 0.3) is 5.91 Å². The third-order valence-corrected chi connectivity index (χ3v) is 5.06. The van der Waals surface area contributed by atoms with Gasteiger partial charge in [0, 0.05) is 18.0 Å². The second kappa shape index (κ2) is 8.47. The minimum atomic E-state index is -0.793. The number of hydrogen-bond donors (Lipinski definition) is 1. The summed E-state index contributed by atoms with van der Waals surface area (Å²) in [6.07, 6.45) is 4.02. The van der Waals surface area contributed by atoms with Crippen molar-refractivity contribution in [2.24, 2.45) is 0 Å². The molecule has 1 fully saturated rings. The summed E-state index contributed by atoms with van der Waals surface area (Å²) in [5.41, 5.74) is 0.788. The topological polar surface area (TPSA) is 57.6 Å². The van der Waals surface area contributed by atoms with E-state index >= 15 is 0 Å². The van der Waals surface area contributed by atoms with E-state index in [1.165, 1.54) is 11.8 Å². The molecule has 1 saturated heterocycles. The second-order valence-electron chi connectivity index (χ2n) is 5.06. The lowest BCUT2D eigenvalue weighted by atomic mass is 10.2. The zero-order chi connectivity index (χ0) is 16.8. The summed E-state index contributed by atoms with van der Waals surface area (Å²) < 4.78 is 0.534. The lowest BCUT2D eigenvalue weighted by Crippen LogP contribution is -2.29. The Morgan fingerprint density at radius 2 is 2.04 bits per heavy atom. The first-order valence-corrected chi connectivity index (χ1v) is 8.81. The molecule has 4 nitrogen and oxygen atoms in total. The standard InChI is InChI=1S/C16H16ClNO3S2/c17-12-7-4-3-6-11(12)10-13-15(21)18(16(22)23-13)9-5-1-2-8-14(19)20/h3-4,6-7,10H,1-2,5,8-9H2,(H,19,20)/b13-10-. The molecule has 0 unspecified atom stereocenters. The molecule has 0 bridgehead atoms. The first-order chi connectivity index (χ1) is 11.0. The summed E-state index contributed by atoms with van der Waals surface area (Å²) in [7, 11) is 0. The Kier molecular flexibility index (Phi) is 6.62. The van der Waals surface area contributed by atoms with E-state index in [0.717, 1.165) is 18.4 Å². The van der Waals surface area contributed by atoms with Gasteiger partial charge in [-0.25, -0.2) is 0 Å². The van der Waals surface area contributed by atoms with Crippen LogP contribution in [-0.2, 0) is 9.59 Å². The Morgan fingerprint density at radius 1 is 1.30 bits per heavy atom. The Labute approximate surface area is 149 Å². The highest BCUT2D eigenvalue weighted by atomic mass is 35.5. The molecule has 1 aliphatic rings. The molecule has 0 aliphatic carbocycles. The summed E-state index contributed by atoms with van der Waals surface area (Å²) in [4.78, 5) is 25.0. The normalized spacial score (nSPS) is 16.4. The van der Waals surface area contributed by atoms with E-state index in [0.29, 0.717) is 27.2 Å². The number of nitrogens with zero attached hydrogens (tertiary/aromatic N) is 1. The molecule has 0 radical (unpaired) electrons. The van der Waals surface area contributed by atoms with Crippen LogP contribution in [0.2, 0.25) is 5.02 Å². The SMILES string of the molecule is O=C(O)CCCCCN1C(=O)/C(=C/c2ccccc2Cl)SC1=S. The predicted octanol–water partition coefficient (Wildman–Crippen LogP) is 4.19. The van der Waals surface area contributed by atoms with Crippen molar-refractivity contribution >= 4 is 57.9 Å². The number of carbonyl (C=O) groups excluding carboxylic acids is 1. The highest BCUT2D eigenvalue weighted by molar-refractivity contribution is 8.26. The van der Waals surface area contributed by atoms with Crippen LogP contribution in [0, 0.1) is 0 Å². The van der Waals surface area contributed by atoms with Crippen LogP contribution in [-0.4, -0.2) is 32.7 Å². The van der Waals surface area contributed by atoms with E-state index in [9.17, 15) is 9.59 Å². The third kappa shape index (κ3) is 5.06. The number of carboxylic acids is 1. The monoisotopic (exact) mass is 369 g/mol. The minimum Gasteiger partial charge on any atom is -0.481 e. The van der Waals surface area contributed by atoms with Crippen molar-refractivity contribution in [3.8, 4) is 0 Å². The number of thioether (sulfide) groups is 1. The number of amides is 1. The molecule has 122 valence electrons. The number of halogens is 1. The van der Waals surface area contributed by atoms with Crippen LogP contribution in [0.25, 0.3) is 6.08 Å². The van der Waals surface area contributed by atoms with Gasteiger partial charge in [0.15, 0.2) is 0 Å². The van der Waals surface area contributed by atoms with Gasteiger partial charge in [-0.05, 0) is 30.5 Å². The van der Waals surface area contributed by atoms with Gasteiger partial charge in [0.2, 0.25) is 0 Å². The molecular formula is C16H16ClNO3S2. The molecule has 1 aliphatic heterocycles. The van der Waals surface area contributed by atoms with Crippen LogP contribution in [0.15, 0.2) is 29.2 Å². The van der Waals surface area contributed by atoms with Crippen LogP contribution in [0.5, 0.6) is 0 Å².